The van der Waals surface area contributed by atoms with E-state index in [0.717, 1.165) is 35.4 Å². The van der Waals surface area contributed by atoms with Crippen molar-refractivity contribution in [1.29, 1.82) is 0 Å². The molecular formula is C20H16F3NO3. The van der Waals surface area contributed by atoms with E-state index >= 15 is 0 Å². The van der Waals surface area contributed by atoms with Gasteiger partial charge in [-0.3, -0.25) is 4.79 Å². The van der Waals surface area contributed by atoms with Crippen molar-refractivity contribution in [3.05, 3.63) is 77.9 Å². The number of ether oxygens (including phenoxy) is 1. The van der Waals surface area contributed by atoms with Crippen LogP contribution in [-0.4, -0.2) is 11.9 Å². The molecule has 27 heavy (non-hydrogen) atoms. The summed E-state index contributed by atoms with van der Waals surface area (Å²) in [6, 6.07) is 10.1. The van der Waals surface area contributed by atoms with E-state index in [4.69, 9.17) is 4.74 Å². The number of carbonyl (C=O) groups is 2. The van der Waals surface area contributed by atoms with E-state index in [-0.39, 0.29) is 5.75 Å². The predicted octanol–water partition coefficient (Wildman–Crippen LogP) is 4.76. The molecule has 0 unspecified atom stereocenters. The lowest BCUT2D eigenvalue weighted by Crippen LogP contribution is -2.15. The smallest absolute Gasteiger partial charge is 0.418 e. The molecule has 7 heteroatoms. The van der Waals surface area contributed by atoms with Crippen LogP contribution >= 0.6 is 0 Å². The van der Waals surface area contributed by atoms with Crippen LogP contribution in [-0.2, 0) is 15.8 Å². The first-order valence-corrected chi connectivity index (χ1v) is 7.80. The van der Waals surface area contributed by atoms with Crippen molar-refractivity contribution in [2.75, 3.05) is 5.32 Å². The summed E-state index contributed by atoms with van der Waals surface area (Å²) in [6.07, 6.45) is -1.29. The van der Waals surface area contributed by atoms with E-state index in [1.54, 1.807) is 12.1 Å². The van der Waals surface area contributed by atoms with Crippen molar-refractivity contribution < 1.29 is 27.5 Å². The minimum atomic E-state index is -4.75. The van der Waals surface area contributed by atoms with Gasteiger partial charge in [0.2, 0.25) is 5.91 Å². The van der Waals surface area contributed by atoms with Crippen LogP contribution in [0, 0.1) is 6.92 Å². The van der Waals surface area contributed by atoms with Crippen LogP contribution in [0.5, 0.6) is 5.75 Å². The SMILES string of the molecule is C=CC(=O)Oc1ccc(NC(=O)C=Cc2ccc(C)cc2)c(C(F)(F)F)c1. The van der Waals surface area contributed by atoms with E-state index in [1.807, 2.05) is 19.1 Å². The molecule has 1 N–H and O–H groups in total. The van der Waals surface area contributed by atoms with Crippen LogP contribution in [0.25, 0.3) is 6.08 Å². The molecule has 0 aliphatic rings. The first-order valence-electron chi connectivity index (χ1n) is 7.80. The van der Waals surface area contributed by atoms with Gasteiger partial charge in [0.1, 0.15) is 5.75 Å². The first kappa shape index (κ1) is 20.0. The third-order valence-corrected chi connectivity index (χ3v) is 3.44. The molecule has 2 aromatic rings. The van der Waals surface area contributed by atoms with Gasteiger partial charge in [-0.15, -0.1) is 0 Å². The highest BCUT2D eigenvalue weighted by molar-refractivity contribution is 6.02. The van der Waals surface area contributed by atoms with Crippen molar-refractivity contribution in [3.63, 3.8) is 0 Å². The third-order valence-electron chi connectivity index (χ3n) is 3.44. The number of hydrogen-bond acceptors (Lipinski definition) is 3. The predicted molar refractivity (Wildman–Crippen MR) is 96.1 cm³/mol. The maximum absolute atomic E-state index is 13.3. The van der Waals surface area contributed by atoms with Gasteiger partial charge in [-0.2, -0.15) is 13.2 Å². The van der Waals surface area contributed by atoms with Crippen LogP contribution in [0.1, 0.15) is 16.7 Å². The summed E-state index contributed by atoms with van der Waals surface area (Å²) in [5, 5.41) is 2.19. The Morgan fingerprint density at radius 2 is 1.78 bits per heavy atom. The van der Waals surface area contributed by atoms with Crippen molar-refractivity contribution in [3.8, 4) is 5.75 Å². The van der Waals surface area contributed by atoms with E-state index < -0.39 is 29.3 Å². The van der Waals surface area contributed by atoms with Gasteiger partial charge in [0.25, 0.3) is 0 Å². The van der Waals surface area contributed by atoms with Crippen LogP contribution in [0.15, 0.2) is 61.2 Å². The summed E-state index contributed by atoms with van der Waals surface area (Å²) >= 11 is 0. The van der Waals surface area contributed by atoms with Crippen molar-refractivity contribution in [1.82, 2.24) is 0 Å². The van der Waals surface area contributed by atoms with E-state index in [0.29, 0.717) is 6.07 Å². The summed E-state index contributed by atoms with van der Waals surface area (Å²) in [6.45, 7) is 5.09. The Morgan fingerprint density at radius 3 is 2.37 bits per heavy atom. The summed E-state index contributed by atoms with van der Waals surface area (Å²) < 4.78 is 44.5. The molecule has 0 bridgehead atoms. The Bertz CT molecular complexity index is 884. The second-order valence-electron chi connectivity index (χ2n) is 5.56. The summed E-state index contributed by atoms with van der Waals surface area (Å²) in [4.78, 5) is 23.1. The number of rotatable bonds is 5. The van der Waals surface area contributed by atoms with Crippen LogP contribution < -0.4 is 10.1 Å². The fourth-order valence-electron chi connectivity index (χ4n) is 2.11. The monoisotopic (exact) mass is 375 g/mol. The summed E-state index contributed by atoms with van der Waals surface area (Å²) in [5.41, 5.74) is 0.204. The zero-order chi connectivity index (χ0) is 20.0. The Hall–Kier alpha value is -3.35. The van der Waals surface area contributed by atoms with Crippen molar-refractivity contribution in [2.24, 2.45) is 0 Å². The lowest BCUT2D eigenvalue weighted by Gasteiger charge is -2.14. The average Bonchev–Trinajstić information content (AvgIpc) is 2.61. The quantitative estimate of drug-likeness (QED) is 0.466. The highest BCUT2D eigenvalue weighted by Gasteiger charge is 2.34. The first-order chi connectivity index (χ1) is 12.7. The Balaban J connectivity index is 2.21. The number of amides is 1. The number of hydrogen-bond donors (Lipinski definition) is 1. The molecular weight excluding hydrogens is 359 g/mol. The number of nitrogens with one attached hydrogen (secondary N) is 1. The highest BCUT2D eigenvalue weighted by atomic mass is 19.4. The topological polar surface area (TPSA) is 55.4 Å². The summed E-state index contributed by atoms with van der Waals surface area (Å²) in [7, 11) is 0. The van der Waals surface area contributed by atoms with Crippen molar-refractivity contribution >= 4 is 23.6 Å². The van der Waals surface area contributed by atoms with Gasteiger partial charge >= 0.3 is 12.1 Å². The van der Waals surface area contributed by atoms with Gasteiger partial charge in [-0.05, 0) is 36.8 Å². The molecule has 0 saturated carbocycles. The van der Waals surface area contributed by atoms with E-state index in [9.17, 15) is 22.8 Å². The number of alkyl halides is 3. The Kier molecular flexibility index (Phi) is 6.18. The maximum Gasteiger partial charge on any atom is 0.418 e. The summed E-state index contributed by atoms with van der Waals surface area (Å²) in [5.74, 6) is -1.92. The number of carbonyl (C=O) groups excluding carboxylic acids is 2. The molecule has 0 fully saturated rings. The Labute approximate surface area is 154 Å². The highest BCUT2D eigenvalue weighted by Crippen LogP contribution is 2.37. The molecule has 0 aliphatic heterocycles. The molecule has 0 radical (unpaired) electrons. The van der Waals surface area contributed by atoms with E-state index in [1.165, 1.54) is 6.08 Å². The second-order valence-corrected chi connectivity index (χ2v) is 5.56. The van der Waals surface area contributed by atoms with Crippen LogP contribution in [0.4, 0.5) is 18.9 Å². The number of anilines is 1. The standard InChI is InChI=1S/C20H16F3NO3/c1-3-19(26)27-15-9-10-17(16(12-15)20(21,22)23)24-18(25)11-8-14-6-4-13(2)5-7-14/h3-12H,1H2,2H3,(H,24,25). The van der Waals surface area contributed by atoms with Gasteiger partial charge in [-0.25, -0.2) is 4.79 Å². The number of aryl methyl sites for hydroxylation is 1. The molecule has 0 saturated heterocycles. The number of esters is 1. The molecule has 140 valence electrons. The van der Waals surface area contributed by atoms with Crippen LogP contribution in [0.2, 0.25) is 0 Å². The molecule has 2 aromatic carbocycles. The van der Waals surface area contributed by atoms with Crippen molar-refractivity contribution in [2.45, 2.75) is 13.1 Å². The largest absolute Gasteiger partial charge is 0.423 e. The van der Waals surface area contributed by atoms with Crippen LogP contribution in [0.3, 0.4) is 0 Å². The van der Waals surface area contributed by atoms with Gasteiger partial charge in [0.05, 0.1) is 11.3 Å². The molecule has 2 rings (SSSR count). The zero-order valence-electron chi connectivity index (χ0n) is 14.3. The maximum atomic E-state index is 13.3. The Morgan fingerprint density at radius 1 is 1.11 bits per heavy atom. The normalized spacial score (nSPS) is 11.3. The minimum absolute atomic E-state index is 0.305. The number of benzene rings is 2. The fourth-order valence-corrected chi connectivity index (χ4v) is 2.11. The minimum Gasteiger partial charge on any atom is -0.423 e. The lowest BCUT2D eigenvalue weighted by atomic mass is 10.1. The molecule has 0 spiro atoms. The number of halogens is 3. The zero-order valence-corrected chi connectivity index (χ0v) is 14.3. The molecule has 1 amide bonds. The third kappa shape index (κ3) is 5.85. The molecule has 0 aliphatic carbocycles. The van der Waals surface area contributed by atoms with E-state index in [2.05, 4.69) is 11.9 Å². The molecule has 4 nitrogen and oxygen atoms in total. The van der Waals surface area contributed by atoms with Gasteiger partial charge < -0.3 is 10.1 Å². The van der Waals surface area contributed by atoms with Gasteiger partial charge in [0, 0.05) is 12.2 Å². The lowest BCUT2D eigenvalue weighted by molar-refractivity contribution is -0.137. The fraction of sp³-hybridized carbons (Fsp3) is 0.100. The second kappa shape index (κ2) is 8.35. The van der Waals surface area contributed by atoms with Gasteiger partial charge in [0.15, 0.2) is 0 Å². The average molecular weight is 375 g/mol. The molecule has 0 heterocycles. The molecule has 0 aromatic heterocycles. The van der Waals surface area contributed by atoms with Gasteiger partial charge in [-0.1, -0.05) is 36.4 Å². The molecule has 0 atom stereocenters.